The zero-order valence-electron chi connectivity index (χ0n) is 18.1. The third kappa shape index (κ3) is 5.69. The lowest BCUT2D eigenvalue weighted by Gasteiger charge is -2.14. The predicted octanol–water partition coefficient (Wildman–Crippen LogP) is 6.09. The van der Waals surface area contributed by atoms with Crippen LogP contribution in [0.25, 0.3) is 6.08 Å². The molecular formula is C26H23ClN2O3. The van der Waals surface area contributed by atoms with Crippen LogP contribution in [-0.4, -0.2) is 13.0 Å². The highest BCUT2D eigenvalue weighted by Crippen LogP contribution is 2.37. The van der Waals surface area contributed by atoms with Gasteiger partial charge in [0.2, 0.25) is 0 Å². The lowest BCUT2D eigenvalue weighted by atomic mass is 10.1. The molecule has 0 aliphatic carbocycles. The number of amides is 1. The van der Waals surface area contributed by atoms with Crippen molar-refractivity contribution in [2.24, 2.45) is 0 Å². The molecule has 0 radical (unpaired) electrons. The SMILES string of the molecule is COc1cc(/C=C(\C#N)C(=O)Nc2cc(C)ccc2C)cc(Cl)c1OCc1ccccc1. The van der Waals surface area contributed by atoms with Crippen LogP contribution in [-0.2, 0) is 11.4 Å². The third-order valence-corrected chi connectivity index (χ3v) is 5.08. The maximum Gasteiger partial charge on any atom is 0.266 e. The fourth-order valence-electron chi connectivity index (χ4n) is 3.07. The van der Waals surface area contributed by atoms with Crippen molar-refractivity contribution in [3.05, 3.63) is 93.5 Å². The summed E-state index contributed by atoms with van der Waals surface area (Å²) in [5.41, 5.74) is 4.07. The van der Waals surface area contributed by atoms with Gasteiger partial charge in [-0.2, -0.15) is 5.26 Å². The highest BCUT2D eigenvalue weighted by atomic mass is 35.5. The Hall–Kier alpha value is -3.75. The number of aryl methyl sites for hydroxylation is 2. The number of hydrogen-bond acceptors (Lipinski definition) is 4. The number of nitriles is 1. The molecule has 0 fully saturated rings. The first-order chi connectivity index (χ1) is 15.4. The highest BCUT2D eigenvalue weighted by Gasteiger charge is 2.15. The van der Waals surface area contributed by atoms with Crippen LogP contribution in [0, 0.1) is 25.2 Å². The molecule has 162 valence electrons. The van der Waals surface area contributed by atoms with E-state index in [2.05, 4.69) is 5.32 Å². The highest BCUT2D eigenvalue weighted by molar-refractivity contribution is 6.32. The van der Waals surface area contributed by atoms with Crippen molar-refractivity contribution < 1.29 is 14.3 Å². The second-order valence-corrected chi connectivity index (χ2v) is 7.66. The minimum Gasteiger partial charge on any atom is -0.493 e. The van der Waals surface area contributed by atoms with Gasteiger partial charge >= 0.3 is 0 Å². The number of ether oxygens (including phenoxy) is 2. The van der Waals surface area contributed by atoms with E-state index in [1.807, 2.05) is 68.4 Å². The molecule has 1 amide bonds. The number of anilines is 1. The lowest BCUT2D eigenvalue weighted by molar-refractivity contribution is -0.112. The molecule has 6 heteroatoms. The summed E-state index contributed by atoms with van der Waals surface area (Å²) in [5, 5.41) is 12.7. The summed E-state index contributed by atoms with van der Waals surface area (Å²) in [6.07, 6.45) is 1.47. The number of carbonyl (C=O) groups is 1. The van der Waals surface area contributed by atoms with Crippen LogP contribution in [0.5, 0.6) is 11.5 Å². The summed E-state index contributed by atoms with van der Waals surface area (Å²) in [6.45, 7) is 4.16. The fourth-order valence-corrected chi connectivity index (χ4v) is 3.34. The zero-order valence-corrected chi connectivity index (χ0v) is 18.9. The van der Waals surface area contributed by atoms with E-state index in [1.54, 1.807) is 12.1 Å². The predicted molar refractivity (Wildman–Crippen MR) is 127 cm³/mol. The molecule has 1 N–H and O–H groups in total. The number of methoxy groups -OCH3 is 1. The van der Waals surface area contributed by atoms with Gasteiger partial charge in [0, 0.05) is 5.69 Å². The summed E-state index contributed by atoms with van der Waals surface area (Å²) in [6, 6.07) is 20.7. The first-order valence-corrected chi connectivity index (χ1v) is 10.3. The van der Waals surface area contributed by atoms with E-state index in [4.69, 9.17) is 21.1 Å². The number of halogens is 1. The molecule has 3 aromatic rings. The smallest absolute Gasteiger partial charge is 0.266 e. The molecule has 32 heavy (non-hydrogen) atoms. The van der Waals surface area contributed by atoms with Gasteiger partial charge in [-0.1, -0.05) is 54.1 Å². The van der Waals surface area contributed by atoms with E-state index >= 15 is 0 Å². The Labute approximate surface area is 192 Å². The van der Waals surface area contributed by atoms with E-state index in [-0.39, 0.29) is 5.57 Å². The molecule has 0 spiro atoms. The van der Waals surface area contributed by atoms with Gasteiger partial charge in [-0.25, -0.2) is 0 Å². The minimum absolute atomic E-state index is 0.0537. The van der Waals surface area contributed by atoms with E-state index in [9.17, 15) is 10.1 Å². The summed E-state index contributed by atoms with van der Waals surface area (Å²) in [4.78, 5) is 12.7. The average Bonchev–Trinajstić information content (AvgIpc) is 2.79. The molecule has 0 bridgehead atoms. The Kier molecular flexibility index (Phi) is 7.54. The Morgan fingerprint density at radius 2 is 1.88 bits per heavy atom. The van der Waals surface area contributed by atoms with Crippen molar-refractivity contribution >= 4 is 29.3 Å². The van der Waals surface area contributed by atoms with Crippen molar-refractivity contribution in [1.82, 2.24) is 0 Å². The number of nitrogens with one attached hydrogen (secondary N) is 1. The standard InChI is InChI=1S/C26H23ClN2O3/c1-17-9-10-18(2)23(11-17)29-26(30)21(15-28)12-20-13-22(27)25(24(14-20)31-3)32-16-19-7-5-4-6-8-19/h4-14H,16H2,1-3H3,(H,29,30)/b21-12+. The molecule has 3 rings (SSSR count). The van der Waals surface area contributed by atoms with E-state index in [0.29, 0.717) is 34.4 Å². The molecule has 0 saturated heterocycles. The van der Waals surface area contributed by atoms with Crippen molar-refractivity contribution in [2.75, 3.05) is 12.4 Å². The van der Waals surface area contributed by atoms with Crippen molar-refractivity contribution in [1.29, 1.82) is 5.26 Å². The Bertz CT molecular complexity index is 1200. The van der Waals surface area contributed by atoms with Gasteiger partial charge in [-0.3, -0.25) is 4.79 Å². The van der Waals surface area contributed by atoms with Gasteiger partial charge < -0.3 is 14.8 Å². The first-order valence-electron chi connectivity index (χ1n) is 9.96. The first kappa shape index (κ1) is 22.9. The molecule has 5 nitrogen and oxygen atoms in total. The second kappa shape index (κ2) is 10.5. The normalized spacial score (nSPS) is 10.9. The van der Waals surface area contributed by atoms with Crippen LogP contribution in [0.4, 0.5) is 5.69 Å². The molecule has 0 unspecified atom stereocenters. The number of nitrogens with zero attached hydrogens (tertiary/aromatic N) is 1. The molecule has 0 atom stereocenters. The van der Waals surface area contributed by atoms with Crippen LogP contribution in [0.3, 0.4) is 0 Å². The molecule has 0 aliphatic rings. The molecule has 0 aliphatic heterocycles. The van der Waals surface area contributed by atoms with Gasteiger partial charge in [-0.15, -0.1) is 0 Å². The van der Waals surface area contributed by atoms with Crippen molar-refractivity contribution in [3.8, 4) is 17.6 Å². The maximum atomic E-state index is 12.7. The lowest BCUT2D eigenvalue weighted by Crippen LogP contribution is -2.14. The quantitative estimate of drug-likeness (QED) is 0.352. The van der Waals surface area contributed by atoms with Crippen LogP contribution in [0.15, 0.2) is 66.2 Å². The Morgan fingerprint density at radius 3 is 2.56 bits per heavy atom. The van der Waals surface area contributed by atoms with Crippen molar-refractivity contribution in [2.45, 2.75) is 20.5 Å². The Balaban J connectivity index is 1.84. The molecule has 0 saturated carbocycles. The minimum atomic E-state index is -0.499. The van der Waals surface area contributed by atoms with E-state index in [0.717, 1.165) is 16.7 Å². The number of hydrogen-bond donors (Lipinski definition) is 1. The van der Waals surface area contributed by atoms with E-state index in [1.165, 1.54) is 13.2 Å². The second-order valence-electron chi connectivity index (χ2n) is 7.25. The number of rotatable bonds is 7. The van der Waals surface area contributed by atoms with Gasteiger partial charge in [0.15, 0.2) is 11.5 Å². The third-order valence-electron chi connectivity index (χ3n) is 4.80. The Morgan fingerprint density at radius 1 is 1.12 bits per heavy atom. The van der Waals surface area contributed by atoms with Crippen molar-refractivity contribution in [3.63, 3.8) is 0 Å². The largest absolute Gasteiger partial charge is 0.493 e. The topological polar surface area (TPSA) is 71.3 Å². The summed E-state index contributed by atoms with van der Waals surface area (Å²) >= 11 is 6.44. The molecule has 0 aromatic heterocycles. The monoisotopic (exact) mass is 446 g/mol. The van der Waals surface area contributed by atoms with Gasteiger partial charge in [0.05, 0.1) is 12.1 Å². The van der Waals surface area contributed by atoms with Gasteiger partial charge in [-0.05, 0) is 60.4 Å². The summed E-state index contributed by atoms with van der Waals surface area (Å²) in [5.74, 6) is 0.307. The molecule has 0 heterocycles. The van der Waals surface area contributed by atoms with Crippen LogP contribution in [0.1, 0.15) is 22.3 Å². The maximum absolute atomic E-state index is 12.7. The number of carbonyl (C=O) groups excluding carboxylic acids is 1. The van der Waals surface area contributed by atoms with Crippen LogP contribution >= 0.6 is 11.6 Å². The average molecular weight is 447 g/mol. The van der Waals surface area contributed by atoms with Crippen LogP contribution in [0.2, 0.25) is 5.02 Å². The zero-order chi connectivity index (χ0) is 23.1. The number of benzene rings is 3. The molecular weight excluding hydrogens is 424 g/mol. The summed E-state index contributed by atoms with van der Waals surface area (Å²) < 4.78 is 11.3. The van der Waals surface area contributed by atoms with Gasteiger partial charge in [0.25, 0.3) is 5.91 Å². The van der Waals surface area contributed by atoms with E-state index < -0.39 is 5.91 Å². The summed E-state index contributed by atoms with van der Waals surface area (Å²) in [7, 11) is 1.51. The van der Waals surface area contributed by atoms with Gasteiger partial charge in [0.1, 0.15) is 18.2 Å². The fraction of sp³-hybridized carbons (Fsp3) is 0.154. The van der Waals surface area contributed by atoms with Crippen LogP contribution < -0.4 is 14.8 Å². The molecule has 3 aromatic carbocycles.